The third kappa shape index (κ3) is 3.42. The normalized spacial score (nSPS) is 16.0. The van der Waals surface area contributed by atoms with Crippen molar-refractivity contribution in [1.29, 1.82) is 0 Å². The van der Waals surface area contributed by atoms with Gasteiger partial charge in [0.05, 0.1) is 0 Å². The number of thiazole rings is 1. The van der Waals surface area contributed by atoms with E-state index >= 15 is 0 Å². The molecule has 0 bridgehead atoms. The lowest BCUT2D eigenvalue weighted by atomic mass is 9.99. The van der Waals surface area contributed by atoms with E-state index in [-0.39, 0.29) is 5.91 Å². The summed E-state index contributed by atoms with van der Waals surface area (Å²) in [5, 5.41) is 5.16. The van der Waals surface area contributed by atoms with Gasteiger partial charge in [-0.3, -0.25) is 4.79 Å². The zero-order chi connectivity index (χ0) is 14.7. The van der Waals surface area contributed by atoms with E-state index in [1.165, 1.54) is 29.9 Å². The maximum absolute atomic E-state index is 11.9. The molecule has 1 amide bonds. The molecule has 1 aliphatic heterocycles. The third-order valence-electron chi connectivity index (χ3n) is 3.90. The lowest BCUT2D eigenvalue weighted by molar-refractivity contribution is 0.102. The molecule has 2 heterocycles. The largest absolute Gasteiger partial charge is 0.372 e. The molecule has 0 saturated carbocycles. The molecular weight excluding hydrogens is 282 g/mol. The molecule has 1 aliphatic rings. The molecule has 2 aromatic rings. The van der Waals surface area contributed by atoms with Crippen LogP contribution in [0.25, 0.3) is 0 Å². The third-order valence-corrected chi connectivity index (χ3v) is 4.67. The van der Waals surface area contributed by atoms with Crippen molar-refractivity contribution in [3.63, 3.8) is 0 Å². The summed E-state index contributed by atoms with van der Waals surface area (Å²) in [6, 6.07) is 8.07. The molecule has 21 heavy (non-hydrogen) atoms. The van der Waals surface area contributed by atoms with Crippen LogP contribution in [-0.2, 0) is 0 Å². The molecule has 3 rings (SSSR count). The van der Waals surface area contributed by atoms with E-state index in [1.807, 2.05) is 12.1 Å². The first-order valence-corrected chi connectivity index (χ1v) is 8.16. The van der Waals surface area contributed by atoms with E-state index in [0.29, 0.717) is 5.01 Å². The molecule has 0 unspecified atom stereocenters. The van der Waals surface area contributed by atoms with Gasteiger partial charge >= 0.3 is 0 Å². The zero-order valence-electron chi connectivity index (χ0n) is 12.1. The van der Waals surface area contributed by atoms with Crippen molar-refractivity contribution in [2.24, 2.45) is 5.92 Å². The summed E-state index contributed by atoms with van der Waals surface area (Å²) in [6.45, 7) is 4.55. The molecule has 1 saturated heterocycles. The molecule has 0 spiro atoms. The van der Waals surface area contributed by atoms with Gasteiger partial charge < -0.3 is 10.2 Å². The molecule has 1 N–H and O–H groups in total. The Morgan fingerprint density at radius 1 is 1.29 bits per heavy atom. The first-order valence-electron chi connectivity index (χ1n) is 7.28. The summed E-state index contributed by atoms with van der Waals surface area (Å²) in [5.74, 6) is 0.683. The fraction of sp³-hybridized carbons (Fsp3) is 0.375. The number of rotatable bonds is 3. The topological polar surface area (TPSA) is 45.2 Å². The maximum Gasteiger partial charge on any atom is 0.284 e. The van der Waals surface area contributed by atoms with Gasteiger partial charge in [0.25, 0.3) is 5.91 Å². The Morgan fingerprint density at radius 3 is 2.62 bits per heavy atom. The van der Waals surface area contributed by atoms with Crippen LogP contribution in [0.15, 0.2) is 35.8 Å². The first kappa shape index (κ1) is 14.1. The van der Waals surface area contributed by atoms with Crippen molar-refractivity contribution in [2.45, 2.75) is 19.8 Å². The van der Waals surface area contributed by atoms with Crippen LogP contribution in [0.5, 0.6) is 0 Å². The lowest BCUT2D eigenvalue weighted by Crippen LogP contribution is -2.32. The quantitative estimate of drug-likeness (QED) is 0.941. The Morgan fingerprint density at radius 2 is 2.00 bits per heavy atom. The molecule has 1 aromatic carbocycles. The highest BCUT2D eigenvalue weighted by Crippen LogP contribution is 2.24. The number of anilines is 2. The second-order valence-corrected chi connectivity index (χ2v) is 6.40. The lowest BCUT2D eigenvalue weighted by Gasteiger charge is -2.32. The Labute approximate surface area is 128 Å². The van der Waals surface area contributed by atoms with Gasteiger partial charge in [-0.25, -0.2) is 4.98 Å². The molecule has 1 fully saturated rings. The standard InChI is InChI=1S/C16H19N3OS/c1-12-6-9-19(10-7-12)14-4-2-13(3-5-14)18-15(20)16-17-8-11-21-16/h2-5,8,11-12H,6-7,9-10H2,1H3,(H,18,20). The fourth-order valence-electron chi connectivity index (χ4n) is 2.54. The van der Waals surface area contributed by atoms with Crippen LogP contribution in [-0.4, -0.2) is 24.0 Å². The van der Waals surface area contributed by atoms with Crippen LogP contribution in [0.1, 0.15) is 29.6 Å². The average Bonchev–Trinajstić information content (AvgIpc) is 3.03. The molecule has 0 atom stereocenters. The number of nitrogens with one attached hydrogen (secondary N) is 1. The average molecular weight is 301 g/mol. The van der Waals surface area contributed by atoms with Crippen molar-refractivity contribution in [3.8, 4) is 0 Å². The minimum Gasteiger partial charge on any atom is -0.372 e. The molecule has 5 heteroatoms. The Bertz CT molecular complexity index is 586. The second kappa shape index (κ2) is 6.26. The van der Waals surface area contributed by atoms with Gasteiger partial charge in [-0.2, -0.15) is 0 Å². The van der Waals surface area contributed by atoms with Crippen molar-refractivity contribution < 1.29 is 4.79 Å². The van der Waals surface area contributed by atoms with Crippen molar-refractivity contribution in [1.82, 2.24) is 4.98 Å². The maximum atomic E-state index is 11.9. The van der Waals surface area contributed by atoms with Crippen molar-refractivity contribution >= 4 is 28.6 Å². The summed E-state index contributed by atoms with van der Waals surface area (Å²) in [5.41, 5.74) is 2.04. The van der Waals surface area contributed by atoms with Crippen molar-refractivity contribution in [3.05, 3.63) is 40.8 Å². The summed E-state index contributed by atoms with van der Waals surface area (Å²) < 4.78 is 0. The van der Waals surface area contributed by atoms with Gasteiger partial charge in [0, 0.05) is 36.0 Å². The number of nitrogens with zero attached hydrogens (tertiary/aromatic N) is 2. The number of hydrogen-bond donors (Lipinski definition) is 1. The highest BCUT2D eigenvalue weighted by Gasteiger charge is 2.16. The molecule has 110 valence electrons. The molecule has 0 radical (unpaired) electrons. The fourth-order valence-corrected chi connectivity index (χ4v) is 3.07. The Hall–Kier alpha value is -1.88. The number of carbonyl (C=O) groups is 1. The Balaban J connectivity index is 1.63. The molecule has 1 aromatic heterocycles. The molecular formula is C16H19N3OS. The number of amides is 1. The van der Waals surface area contributed by atoms with Gasteiger partial charge in [0.15, 0.2) is 5.01 Å². The first-order chi connectivity index (χ1) is 10.2. The van der Waals surface area contributed by atoms with E-state index in [0.717, 1.165) is 24.7 Å². The van der Waals surface area contributed by atoms with Crippen LogP contribution in [0.3, 0.4) is 0 Å². The SMILES string of the molecule is CC1CCN(c2ccc(NC(=O)c3nccs3)cc2)CC1. The minimum absolute atomic E-state index is 0.149. The van der Waals surface area contributed by atoms with Crippen LogP contribution >= 0.6 is 11.3 Å². The number of piperidine rings is 1. The van der Waals surface area contributed by atoms with Gasteiger partial charge in [-0.1, -0.05) is 6.92 Å². The summed E-state index contributed by atoms with van der Waals surface area (Å²) in [6.07, 6.45) is 4.14. The van der Waals surface area contributed by atoms with E-state index in [4.69, 9.17) is 0 Å². The molecule has 4 nitrogen and oxygen atoms in total. The highest BCUT2D eigenvalue weighted by molar-refractivity contribution is 7.11. The number of carbonyl (C=O) groups excluding carboxylic acids is 1. The number of benzene rings is 1. The predicted octanol–water partition coefficient (Wildman–Crippen LogP) is 3.63. The van der Waals surface area contributed by atoms with Gasteiger partial charge in [-0.15, -0.1) is 11.3 Å². The Kier molecular flexibility index (Phi) is 4.20. The number of hydrogen-bond acceptors (Lipinski definition) is 4. The highest BCUT2D eigenvalue weighted by atomic mass is 32.1. The van der Waals surface area contributed by atoms with E-state index in [2.05, 4.69) is 34.3 Å². The van der Waals surface area contributed by atoms with Gasteiger partial charge in [-0.05, 0) is 43.0 Å². The van der Waals surface area contributed by atoms with E-state index in [9.17, 15) is 4.79 Å². The summed E-state index contributed by atoms with van der Waals surface area (Å²) in [7, 11) is 0. The van der Waals surface area contributed by atoms with E-state index < -0.39 is 0 Å². The van der Waals surface area contributed by atoms with Crippen LogP contribution in [0, 0.1) is 5.92 Å². The smallest absolute Gasteiger partial charge is 0.284 e. The summed E-state index contributed by atoms with van der Waals surface area (Å²) in [4.78, 5) is 18.3. The molecule has 0 aliphatic carbocycles. The zero-order valence-corrected chi connectivity index (χ0v) is 12.9. The van der Waals surface area contributed by atoms with Crippen LogP contribution in [0.4, 0.5) is 11.4 Å². The van der Waals surface area contributed by atoms with Crippen molar-refractivity contribution in [2.75, 3.05) is 23.3 Å². The monoisotopic (exact) mass is 301 g/mol. The van der Waals surface area contributed by atoms with E-state index in [1.54, 1.807) is 11.6 Å². The van der Waals surface area contributed by atoms with Gasteiger partial charge in [0.1, 0.15) is 0 Å². The minimum atomic E-state index is -0.149. The van der Waals surface area contributed by atoms with Gasteiger partial charge in [0.2, 0.25) is 0 Å². The predicted molar refractivity (Wildman–Crippen MR) is 87.1 cm³/mol. The number of aromatic nitrogens is 1. The second-order valence-electron chi connectivity index (χ2n) is 5.51. The van der Waals surface area contributed by atoms with Crippen LogP contribution < -0.4 is 10.2 Å². The van der Waals surface area contributed by atoms with Crippen LogP contribution in [0.2, 0.25) is 0 Å². The summed E-state index contributed by atoms with van der Waals surface area (Å²) >= 11 is 1.34.